The predicted molar refractivity (Wildman–Crippen MR) is 184 cm³/mol. The number of benzene rings is 1. The lowest BCUT2D eigenvalue weighted by atomic mass is 10.0. The summed E-state index contributed by atoms with van der Waals surface area (Å²) < 4.78 is 98.2. The number of nitrogens with one attached hydrogen (secondary N) is 3. The van der Waals surface area contributed by atoms with Crippen LogP contribution in [0.5, 0.6) is 0 Å². The number of hydrogen-bond donors (Lipinski definition) is 3. The van der Waals surface area contributed by atoms with Crippen molar-refractivity contribution in [3.8, 4) is 0 Å². The second-order valence-electron chi connectivity index (χ2n) is 11.9. The number of anilines is 6. The first kappa shape index (κ1) is 42.9. The number of aromatic nitrogens is 4. The highest BCUT2D eigenvalue weighted by molar-refractivity contribution is 6.41. The van der Waals surface area contributed by atoms with Crippen molar-refractivity contribution >= 4 is 70.0 Å². The summed E-state index contributed by atoms with van der Waals surface area (Å²) in [4.78, 5) is 60.9. The standard InChI is InChI=1S/C28H27ClN8O.C4F6O2.C2HF3O/c29-23-16-32-28-34-22-11-18(14-30-15-22)4-5-20-13-21(33-27(23)36-28)6-7-24(20)35-26(38)12-19-8-10-37(17-19)25-3-1-2-9-31-25;5-3(6,7)1(11)2(12)4(8,9)10;3-2(4,5)1-6/h1-3,6-7,9,11,13-16,19H,4-5,8,10,12,17H2,(H,35,38)(H2,32,33,34,36);;1H. The Morgan fingerprint density at radius 1 is 0.875 bits per heavy atom. The van der Waals surface area contributed by atoms with Gasteiger partial charge in [0.25, 0.3) is 0 Å². The van der Waals surface area contributed by atoms with Crippen LogP contribution < -0.4 is 20.9 Å². The molecule has 0 aliphatic carbocycles. The minimum atomic E-state index is -5.77. The Balaban J connectivity index is 0.000000323. The van der Waals surface area contributed by atoms with Crippen LogP contribution in [0.2, 0.25) is 5.02 Å². The fourth-order valence-corrected chi connectivity index (χ4v) is 5.36. The normalized spacial score (nSPS) is 15.0. The number of alkyl halides is 9. The summed E-state index contributed by atoms with van der Waals surface area (Å²) in [5.41, 5.74) is 4.53. The van der Waals surface area contributed by atoms with E-state index in [0.29, 0.717) is 29.1 Å². The second-order valence-corrected chi connectivity index (χ2v) is 12.4. The van der Waals surface area contributed by atoms with Crippen LogP contribution >= 0.6 is 11.6 Å². The van der Waals surface area contributed by atoms with Gasteiger partial charge >= 0.3 is 30.1 Å². The first-order valence-electron chi connectivity index (χ1n) is 16.1. The van der Waals surface area contributed by atoms with Gasteiger partial charge in [0.15, 0.2) is 5.82 Å². The van der Waals surface area contributed by atoms with Crippen LogP contribution in [0.3, 0.4) is 0 Å². The molecule has 1 fully saturated rings. The number of carbonyl (C=O) groups is 4. The van der Waals surface area contributed by atoms with Gasteiger partial charge in [-0.3, -0.25) is 24.2 Å². The van der Waals surface area contributed by atoms with E-state index < -0.39 is 36.4 Å². The Morgan fingerprint density at radius 3 is 2.20 bits per heavy atom. The number of fused-ring (bicyclic) bond motifs is 6. The molecule has 12 nitrogen and oxygen atoms in total. The van der Waals surface area contributed by atoms with Crippen LogP contribution in [-0.2, 0) is 32.0 Å². The summed E-state index contributed by atoms with van der Waals surface area (Å²) in [5, 5.41) is 10.1. The molecule has 56 heavy (non-hydrogen) atoms. The Morgan fingerprint density at radius 2 is 1.57 bits per heavy atom. The van der Waals surface area contributed by atoms with Gasteiger partial charge in [-0.2, -0.15) is 44.5 Å². The van der Waals surface area contributed by atoms with Crippen molar-refractivity contribution in [3.63, 3.8) is 0 Å². The fraction of sp³-hybridized carbons (Fsp3) is 0.294. The first-order chi connectivity index (χ1) is 26.2. The van der Waals surface area contributed by atoms with Gasteiger partial charge in [-0.15, -0.1) is 0 Å². The van der Waals surface area contributed by atoms with Crippen LogP contribution in [-0.4, -0.2) is 75.3 Å². The lowest BCUT2D eigenvalue weighted by Gasteiger charge is -2.18. The number of Topliss-reactive ketones (excluding diaryl/α,β-unsaturated/α-hetero) is 2. The van der Waals surface area contributed by atoms with E-state index in [-0.39, 0.29) is 5.91 Å². The summed E-state index contributed by atoms with van der Waals surface area (Å²) >= 11 is 6.37. The van der Waals surface area contributed by atoms with Gasteiger partial charge in [0, 0.05) is 43.3 Å². The summed E-state index contributed by atoms with van der Waals surface area (Å²) in [7, 11) is 0. The SMILES string of the molecule is O=C(C(=O)C(F)(F)F)C(F)(F)F.O=C(CC1CCN(c2ccccn2)C1)Nc1ccc2cc1CCc1cncc(c1)Nc1ncc(Cl)c(n1)N2.O=CC(F)(F)F. The number of halogens is 10. The van der Waals surface area contributed by atoms with E-state index in [1.807, 2.05) is 48.7 Å². The van der Waals surface area contributed by atoms with Crippen molar-refractivity contribution in [1.82, 2.24) is 19.9 Å². The molecule has 3 aromatic heterocycles. The first-order valence-corrected chi connectivity index (χ1v) is 16.4. The minimum Gasteiger partial charge on any atom is -0.356 e. The maximum atomic E-state index is 13.1. The minimum absolute atomic E-state index is 0.0223. The molecule has 4 aromatic rings. The molecule has 1 unspecified atom stereocenters. The third-order valence-corrected chi connectivity index (χ3v) is 7.98. The zero-order valence-corrected chi connectivity index (χ0v) is 29.2. The number of nitrogens with zero attached hydrogens (tertiary/aromatic N) is 5. The number of aldehydes is 1. The Kier molecular flexibility index (Phi) is 13.9. The van der Waals surface area contributed by atoms with E-state index in [9.17, 15) is 53.9 Å². The number of aryl methyl sites for hydroxylation is 2. The average molecular weight is 819 g/mol. The monoisotopic (exact) mass is 818 g/mol. The number of pyridine rings is 2. The molecule has 2 aliphatic rings. The maximum absolute atomic E-state index is 13.1. The van der Waals surface area contributed by atoms with Crippen LogP contribution in [0.1, 0.15) is 24.0 Å². The van der Waals surface area contributed by atoms with E-state index >= 15 is 0 Å². The number of rotatable bonds is 5. The van der Waals surface area contributed by atoms with E-state index in [1.54, 1.807) is 18.6 Å². The Labute approximate surface area is 315 Å². The van der Waals surface area contributed by atoms with Crippen molar-refractivity contribution < 1.29 is 58.7 Å². The van der Waals surface area contributed by atoms with Crippen molar-refractivity contribution in [1.29, 1.82) is 0 Å². The molecule has 1 amide bonds. The van der Waals surface area contributed by atoms with Gasteiger partial charge in [-0.05, 0) is 72.7 Å². The molecular weight excluding hydrogens is 791 g/mol. The molecule has 0 saturated carbocycles. The van der Waals surface area contributed by atoms with Gasteiger partial charge in [0.05, 0.1) is 18.1 Å². The van der Waals surface area contributed by atoms with Gasteiger partial charge in [0.1, 0.15) is 10.8 Å². The number of carbonyl (C=O) groups excluding carboxylic acids is 4. The van der Waals surface area contributed by atoms with Crippen LogP contribution in [0, 0.1) is 5.92 Å². The average Bonchev–Trinajstić information content (AvgIpc) is 3.60. The van der Waals surface area contributed by atoms with Crippen LogP contribution in [0.15, 0.2) is 67.3 Å². The Bertz CT molecular complexity index is 2010. The molecule has 1 aromatic carbocycles. The zero-order chi connectivity index (χ0) is 41.3. The molecule has 5 heterocycles. The van der Waals surface area contributed by atoms with Gasteiger partial charge in [-0.1, -0.05) is 17.7 Å². The molecular formula is C34H28ClF9N8O4. The summed E-state index contributed by atoms with van der Waals surface area (Å²) in [6.45, 7) is 1.75. The topological polar surface area (TPSA) is 159 Å². The third-order valence-electron chi connectivity index (χ3n) is 7.71. The van der Waals surface area contributed by atoms with Gasteiger partial charge < -0.3 is 20.9 Å². The molecule has 1 saturated heterocycles. The fourth-order valence-electron chi connectivity index (χ4n) is 5.22. The molecule has 1 atom stereocenters. The van der Waals surface area contributed by atoms with Crippen molar-refractivity contribution in [2.24, 2.45) is 5.92 Å². The molecule has 6 rings (SSSR count). The second kappa shape index (κ2) is 18.2. The molecule has 3 N–H and O–H groups in total. The highest BCUT2D eigenvalue weighted by Gasteiger charge is 2.54. The number of amides is 1. The van der Waals surface area contributed by atoms with Gasteiger partial charge in [-0.25, -0.2) is 9.97 Å². The maximum Gasteiger partial charge on any atom is 0.458 e. The van der Waals surface area contributed by atoms with E-state index in [0.717, 1.165) is 66.4 Å². The molecule has 0 radical (unpaired) electrons. The summed E-state index contributed by atoms with van der Waals surface area (Å²) in [6, 6.07) is 13.9. The molecule has 6 bridgehead atoms. The lowest BCUT2D eigenvalue weighted by molar-refractivity contribution is -0.193. The van der Waals surface area contributed by atoms with E-state index in [4.69, 9.17) is 16.4 Å². The third kappa shape index (κ3) is 12.9. The van der Waals surface area contributed by atoms with E-state index in [1.165, 1.54) is 0 Å². The highest BCUT2D eigenvalue weighted by atomic mass is 35.5. The van der Waals surface area contributed by atoms with Crippen LogP contribution in [0.4, 0.5) is 74.2 Å². The van der Waals surface area contributed by atoms with Gasteiger partial charge in [0.2, 0.25) is 18.1 Å². The van der Waals surface area contributed by atoms with Crippen molar-refractivity contribution in [2.45, 2.75) is 44.2 Å². The largest absolute Gasteiger partial charge is 0.458 e. The summed E-state index contributed by atoms with van der Waals surface area (Å²) in [5.74, 6) is -4.62. The molecule has 2 aliphatic heterocycles. The molecule has 298 valence electrons. The Hall–Kier alpha value is -5.86. The van der Waals surface area contributed by atoms with Crippen molar-refractivity contribution in [3.05, 3.63) is 83.4 Å². The molecule has 0 spiro atoms. The number of ketones is 2. The molecule has 22 heteroatoms. The highest BCUT2D eigenvalue weighted by Crippen LogP contribution is 2.31. The number of hydrogen-bond acceptors (Lipinski definition) is 11. The smallest absolute Gasteiger partial charge is 0.356 e. The van der Waals surface area contributed by atoms with E-state index in [2.05, 4.69) is 40.8 Å². The zero-order valence-electron chi connectivity index (χ0n) is 28.4. The van der Waals surface area contributed by atoms with Crippen LogP contribution in [0.25, 0.3) is 0 Å². The quantitative estimate of drug-likeness (QED) is 0.105. The summed E-state index contributed by atoms with van der Waals surface area (Å²) in [6.07, 6.45) is -7.36. The lowest BCUT2D eigenvalue weighted by Crippen LogP contribution is -2.39. The van der Waals surface area contributed by atoms with Crippen molar-refractivity contribution in [2.75, 3.05) is 33.9 Å². The predicted octanol–water partition coefficient (Wildman–Crippen LogP) is 7.36.